The molecule has 2 aliphatic rings. The van der Waals surface area contributed by atoms with Gasteiger partial charge in [0.2, 0.25) is 5.91 Å². The van der Waals surface area contributed by atoms with Crippen LogP contribution in [0.4, 0.5) is 0 Å². The Morgan fingerprint density at radius 2 is 2.09 bits per heavy atom. The van der Waals surface area contributed by atoms with Crippen LogP contribution in [-0.4, -0.2) is 83.5 Å². The molecule has 0 radical (unpaired) electrons. The van der Waals surface area contributed by atoms with E-state index in [4.69, 9.17) is 0 Å². The molecule has 11 nitrogen and oxygen atoms in total. The Bertz CT molecular complexity index is 1060. The molecule has 0 spiro atoms. The summed E-state index contributed by atoms with van der Waals surface area (Å²) >= 11 is 3.89. The highest BCUT2D eigenvalue weighted by Gasteiger charge is 2.57. The van der Waals surface area contributed by atoms with E-state index in [1.165, 1.54) is 64.0 Å². The first-order chi connectivity index (χ1) is 15.3. The Kier molecular flexibility index (Phi) is 6.26. The predicted molar refractivity (Wildman–Crippen MR) is 117 cm³/mol. The Morgan fingerprint density at radius 3 is 2.72 bits per heavy atom. The molecule has 32 heavy (non-hydrogen) atoms. The van der Waals surface area contributed by atoms with Crippen LogP contribution in [0.2, 0.25) is 0 Å². The Balaban J connectivity index is 1.41. The van der Waals surface area contributed by atoms with E-state index >= 15 is 0 Å². The van der Waals surface area contributed by atoms with Gasteiger partial charge < -0.3 is 25.6 Å². The molecule has 1 aromatic carbocycles. The van der Waals surface area contributed by atoms with Crippen molar-refractivity contribution in [1.29, 1.82) is 0 Å². The van der Waals surface area contributed by atoms with Crippen LogP contribution in [0.5, 0.6) is 5.75 Å². The van der Waals surface area contributed by atoms with Crippen molar-refractivity contribution in [3.05, 3.63) is 35.3 Å². The van der Waals surface area contributed by atoms with Crippen molar-refractivity contribution < 1.29 is 29.8 Å². The lowest BCUT2D eigenvalue weighted by molar-refractivity contribution is -0.157. The first-order valence-electron chi connectivity index (χ1n) is 9.21. The molecule has 168 valence electrons. The molecule has 3 atom stereocenters. The van der Waals surface area contributed by atoms with E-state index in [0.717, 1.165) is 0 Å². The number of carbonyl (C=O) groups excluding carboxylic acids is 2. The van der Waals surface area contributed by atoms with Gasteiger partial charge in [0.05, 0.1) is 0 Å². The van der Waals surface area contributed by atoms with Gasteiger partial charge in [-0.15, -0.1) is 22.0 Å². The minimum atomic E-state index is -1.15. The lowest BCUT2D eigenvalue weighted by Crippen LogP contribution is -2.74. The van der Waals surface area contributed by atoms with Gasteiger partial charge in [-0.1, -0.05) is 28.3 Å². The summed E-state index contributed by atoms with van der Waals surface area (Å²) in [6, 6.07) is 4.64. The average molecular weight is 496 g/mol. The van der Waals surface area contributed by atoms with Crippen LogP contribution < -0.4 is 5.32 Å². The molecular formula is C18H17N5O6S3. The SMILES string of the molecule is O=C(NC1C(=O)N2CC(CSc3nncs3)(C(=O)O)CS[C@H]12)C(=NO)c1ccc(O)cc1. The van der Waals surface area contributed by atoms with Gasteiger partial charge in [0.25, 0.3) is 5.91 Å². The number of carboxylic acids is 1. The number of fused-ring (bicyclic) bond motifs is 1. The predicted octanol–water partition coefficient (Wildman–Crippen LogP) is 0.685. The molecule has 2 amide bonds. The number of hydrogen-bond acceptors (Lipinski definition) is 11. The van der Waals surface area contributed by atoms with Crippen LogP contribution in [-0.2, 0) is 14.4 Å². The van der Waals surface area contributed by atoms with Crippen molar-refractivity contribution in [2.45, 2.75) is 15.8 Å². The molecule has 0 bridgehead atoms. The zero-order chi connectivity index (χ0) is 22.9. The van der Waals surface area contributed by atoms with Gasteiger partial charge in [-0.25, -0.2) is 0 Å². The Labute approximate surface area is 193 Å². The van der Waals surface area contributed by atoms with Crippen LogP contribution in [0, 0.1) is 5.41 Å². The van der Waals surface area contributed by atoms with Gasteiger partial charge in [-0.2, -0.15) is 0 Å². The first-order valence-corrected chi connectivity index (χ1v) is 12.1. The van der Waals surface area contributed by atoms with E-state index in [0.29, 0.717) is 4.34 Å². The van der Waals surface area contributed by atoms with E-state index in [9.17, 15) is 29.8 Å². The molecule has 14 heteroatoms. The highest BCUT2D eigenvalue weighted by Crippen LogP contribution is 2.44. The quantitative estimate of drug-likeness (QED) is 0.141. The second-order valence-corrected chi connectivity index (χ2v) is 10.4. The van der Waals surface area contributed by atoms with Crippen LogP contribution in [0.3, 0.4) is 0 Å². The average Bonchev–Trinajstić information content (AvgIpc) is 3.31. The number of aromatic hydroxyl groups is 1. The highest BCUT2D eigenvalue weighted by atomic mass is 32.2. The zero-order valence-corrected chi connectivity index (χ0v) is 18.7. The number of aromatic nitrogens is 2. The summed E-state index contributed by atoms with van der Waals surface area (Å²) in [7, 11) is 0. The molecule has 2 saturated heterocycles. The highest BCUT2D eigenvalue weighted by molar-refractivity contribution is 8.01. The molecule has 0 saturated carbocycles. The third-order valence-corrected chi connectivity index (χ3v) is 8.89. The largest absolute Gasteiger partial charge is 0.508 e. The molecule has 4 N–H and O–H groups in total. The van der Waals surface area contributed by atoms with Crippen LogP contribution >= 0.6 is 34.9 Å². The van der Waals surface area contributed by atoms with E-state index in [1.54, 1.807) is 5.51 Å². The molecule has 2 fully saturated rings. The normalized spacial score (nSPS) is 25.1. The summed E-state index contributed by atoms with van der Waals surface area (Å²) in [4.78, 5) is 38.8. The van der Waals surface area contributed by atoms with Crippen molar-refractivity contribution >= 4 is 58.4 Å². The number of phenolic OH excluding ortho intramolecular Hbond substituents is 1. The fourth-order valence-electron chi connectivity index (χ4n) is 3.39. The van der Waals surface area contributed by atoms with Gasteiger partial charge in [0.1, 0.15) is 28.1 Å². The number of carbonyl (C=O) groups is 3. The summed E-state index contributed by atoms with van der Waals surface area (Å²) < 4.78 is 0.655. The molecule has 4 rings (SSSR count). The third-order valence-electron chi connectivity index (χ3n) is 5.15. The van der Waals surface area contributed by atoms with Crippen LogP contribution in [0.1, 0.15) is 5.56 Å². The minimum Gasteiger partial charge on any atom is -0.508 e. The monoisotopic (exact) mass is 495 g/mol. The van der Waals surface area contributed by atoms with Gasteiger partial charge in [-0.3, -0.25) is 14.4 Å². The number of carboxylic acid groups (broad SMARTS) is 1. The van der Waals surface area contributed by atoms with E-state index < -0.39 is 34.6 Å². The maximum absolute atomic E-state index is 12.7. The van der Waals surface area contributed by atoms with Crippen LogP contribution in [0.15, 0.2) is 39.3 Å². The number of aliphatic carboxylic acids is 1. The summed E-state index contributed by atoms with van der Waals surface area (Å²) in [6.45, 7) is 0.0237. The lowest BCUT2D eigenvalue weighted by Gasteiger charge is -2.53. The van der Waals surface area contributed by atoms with Crippen molar-refractivity contribution in [3.8, 4) is 5.75 Å². The Morgan fingerprint density at radius 1 is 1.34 bits per heavy atom. The maximum atomic E-state index is 12.7. The maximum Gasteiger partial charge on any atom is 0.313 e. The summed E-state index contributed by atoms with van der Waals surface area (Å²) in [5, 5.41) is 41.3. The molecule has 3 heterocycles. The number of nitrogens with one attached hydrogen (secondary N) is 1. The number of rotatable bonds is 7. The second kappa shape index (κ2) is 8.96. The number of nitrogens with zero attached hydrogens (tertiary/aromatic N) is 4. The number of oxime groups is 1. The van der Waals surface area contributed by atoms with Crippen molar-refractivity contribution in [3.63, 3.8) is 0 Å². The number of benzene rings is 1. The van der Waals surface area contributed by atoms with Gasteiger partial charge in [0, 0.05) is 23.6 Å². The van der Waals surface area contributed by atoms with Crippen LogP contribution in [0.25, 0.3) is 0 Å². The zero-order valence-electron chi connectivity index (χ0n) is 16.2. The number of thioether (sulfide) groups is 2. The van der Waals surface area contributed by atoms with Gasteiger partial charge in [0.15, 0.2) is 10.1 Å². The summed E-state index contributed by atoms with van der Waals surface area (Å²) in [5.41, 5.74) is 0.383. The second-order valence-electron chi connectivity index (χ2n) is 7.19. The molecule has 2 unspecified atom stereocenters. The topological polar surface area (TPSA) is 165 Å². The Hall–Kier alpha value is -2.84. The van der Waals surface area contributed by atoms with E-state index in [-0.39, 0.29) is 35.1 Å². The molecular weight excluding hydrogens is 478 g/mol. The molecule has 2 aliphatic heterocycles. The molecule has 2 aromatic rings. The summed E-state index contributed by atoms with van der Waals surface area (Å²) in [6.07, 6.45) is 0. The number of β-lactam (4-membered cyclic amide) rings is 1. The van der Waals surface area contributed by atoms with E-state index in [2.05, 4.69) is 20.7 Å². The minimum absolute atomic E-state index is 0.0129. The number of hydrogen-bond donors (Lipinski definition) is 4. The van der Waals surface area contributed by atoms with Gasteiger partial charge in [-0.05, 0) is 24.3 Å². The summed E-state index contributed by atoms with van der Waals surface area (Å²) in [5.74, 6) is -1.67. The fraction of sp³-hybridized carbons (Fsp3) is 0.333. The number of amides is 2. The van der Waals surface area contributed by atoms with E-state index in [1.807, 2.05) is 0 Å². The third kappa shape index (κ3) is 4.12. The van der Waals surface area contributed by atoms with Crippen molar-refractivity contribution in [2.24, 2.45) is 10.6 Å². The first kappa shape index (κ1) is 22.4. The van der Waals surface area contributed by atoms with Crippen molar-refractivity contribution in [1.82, 2.24) is 20.4 Å². The van der Waals surface area contributed by atoms with Crippen molar-refractivity contribution in [2.75, 3.05) is 18.1 Å². The lowest BCUT2D eigenvalue weighted by atomic mass is 9.89. The van der Waals surface area contributed by atoms with Gasteiger partial charge >= 0.3 is 5.97 Å². The molecule has 0 aliphatic carbocycles. The standard InChI is InChI=1S/C18H17N5O6S3/c24-10-3-1-9(2-4-10)11(22-29)13(25)20-12-14(26)23-5-18(16(27)28,6-30-15(12)23)7-31-17-21-19-8-32-17/h1-4,8,12,15,24,29H,5-7H2,(H,20,25)(H,27,28)/t12?,15-,18?/m1/s1. The fourth-order valence-corrected chi connectivity index (χ4v) is 6.74. The number of phenols is 1. The molecule has 1 aromatic heterocycles. The smallest absolute Gasteiger partial charge is 0.313 e.